The summed E-state index contributed by atoms with van der Waals surface area (Å²) in [4.78, 5) is 16.2. The first kappa shape index (κ1) is 22.9. The van der Waals surface area contributed by atoms with Crippen LogP contribution in [0.15, 0.2) is 34.1 Å². The molecule has 0 spiro atoms. The van der Waals surface area contributed by atoms with Crippen LogP contribution < -0.4 is 10.6 Å². The van der Waals surface area contributed by atoms with E-state index in [0.717, 1.165) is 30.4 Å². The van der Waals surface area contributed by atoms with Gasteiger partial charge in [-0.3, -0.25) is 4.79 Å². The Morgan fingerprint density at radius 2 is 2.08 bits per heavy atom. The Bertz CT molecular complexity index is 604. The molecule has 0 aliphatic carbocycles. The Morgan fingerprint density at radius 1 is 1.29 bits per heavy atom. The van der Waals surface area contributed by atoms with Crippen molar-refractivity contribution in [1.29, 1.82) is 0 Å². The second-order valence-corrected chi connectivity index (χ2v) is 5.82. The van der Waals surface area contributed by atoms with Crippen LogP contribution in [0.1, 0.15) is 29.7 Å². The molecule has 0 saturated heterocycles. The molecule has 136 valence electrons. The smallest absolute Gasteiger partial charge is 0.287 e. The quantitative estimate of drug-likeness (QED) is 0.505. The lowest BCUT2D eigenvalue weighted by Gasteiger charge is -2.04. The molecule has 0 unspecified atom stereocenters. The van der Waals surface area contributed by atoms with Crippen LogP contribution in [0, 0.1) is 0 Å². The molecule has 9 heteroatoms. The summed E-state index contributed by atoms with van der Waals surface area (Å²) < 4.78 is 7.52. The van der Waals surface area contributed by atoms with Crippen LogP contribution in [-0.4, -0.2) is 35.1 Å². The van der Waals surface area contributed by atoms with Crippen LogP contribution in [0.4, 0.5) is 0 Å². The molecule has 6 nitrogen and oxygen atoms in total. The molecule has 2 rings (SSSR count). The van der Waals surface area contributed by atoms with Gasteiger partial charge in [-0.05, 0) is 25.1 Å². The topological polar surface area (TPSA) is 72.1 Å². The third-order valence-electron chi connectivity index (χ3n) is 3.02. The van der Waals surface area contributed by atoms with Gasteiger partial charge in [0.1, 0.15) is 5.76 Å². The number of nitrogens with one attached hydrogen (secondary N) is 2. The lowest BCUT2D eigenvalue weighted by atomic mass is 10.4. The predicted molar refractivity (Wildman–Crippen MR) is 101 cm³/mol. The minimum Gasteiger partial charge on any atom is -0.455 e. The normalized spacial score (nSPS) is 9.92. The van der Waals surface area contributed by atoms with Crippen molar-refractivity contribution in [2.75, 3.05) is 19.6 Å². The lowest BCUT2D eigenvalue weighted by Crippen LogP contribution is -2.31. The number of furan rings is 1. The van der Waals surface area contributed by atoms with E-state index in [0.29, 0.717) is 18.1 Å². The van der Waals surface area contributed by atoms with E-state index in [2.05, 4.69) is 22.5 Å². The van der Waals surface area contributed by atoms with E-state index in [9.17, 15) is 4.79 Å². The first-order chi connectivity index (χ1) is 10.7. The van der Waals surface area contributed by atoms with E-state index in [1.807, 2.05) is 23.9 Å². The van der Waals surface area contributed by atoms with Crippen LogP contribution in [-0.2, 0) is 12.8 Å². The summed E-state index contributed by atoms with van der Waals surface area (Å²) in [7, 11) is 1.95. The summed E-state index contributed by atoms with van der Waals surface area (Å²) in [6.07, 6.45) is 4.75. The van der Waals surface area contributed by atoms with Crippen molar-refractivity contribution in [1.82, 2.24) is 20.2 Å². The van der Waals surface area contributed by atoms with Gasteiger partial charge in [0.2, 0.25) is 0 Å². The minimum absolute atomic E-state index is 0. The fraction of sp³-hybridized carbons (Fsp3) is 0.467. The van der Waals surface area contributed by atoms with Crippen LogP contribution in [0.5, 0.6) is 0 Å². The van der Waals surface area contributed by atoms with E-state index < -0.39 is 0 Å². The Labute approximate surface area is 159 Å². The third kappa shape index (κ3) is 7.17. The van der Waals surface area contributed by atoms with Gasteiger partial charge in [0, 0.05) is 32.5 Å². The van der Waals surface area contributed by atoms with Crippen molar-refractivity contribution < 1.29 is 9.21 Å². The van der Waals surface area contributed by atoms with Crippen molar-refractivity contribution in [3.8, 4) is 0 Å². The zero-order valence-electron chi connectivity index (χ0n) is 13.8. The molecule has 2 N–H and O–H groups in total. The molecule has 0 saturated carbocycles. The number of aromatic nitrogens is 2. The number of halogens is 2. The maximum Gasteiger partial charge on any atom is 0.287 e. The Kier molecular flexibility index (Phi) is 11.7. The van der Waals surface area contributed by atoms with Crippen molar-refractivity contribution in [3.63, 3.8) is 0 Å². The number of carbonyl (C=O) groups is 1. The third-order valence-corrected chi connectivity index (χ3v) is 4.10. The number of hydrogen-bond donors (Lipinski definition) is 2. The highest BCUT2D eigenvalue weighted by Crippen LogP contribution is 2.21. The zero-order chi connectivity index (χ0) is 15.8. The van der Waals surface area contributed by atoms with Gasteiger partial charge >= 0.3 is 0 Å². The van der Waals surface area contributed by atoms with Gasteiger partial charge in [-0.25, -0.2) is 4.98 Å². The van der Waals surface area contributed by atoms with Crippen LogP contribution in [0.2, 0.25) is 0 Å². The Hall–Kier alpha value is -1.15. The van der Waals surface area contributed by atoms with E-state index in [1.165, 1.54) is 0 Å². The monoisotopic (exact) mass is 394 g/mol. The number of rotatable bonds is 9. The average molecular weight is 395 g/mol. The van der Waals surface area contributed by atoms with Crippen LogP contribution >= 0.6 is 36.6 Å². The highest BCUT2D eigenvalue weighted by molar-refractivity contribution is 7.98. The fourth-order valence-corrected chi connectivity index (χ4v) is 2.68. The van der Waals surface area contributed by atoms with Crippen LogP contribution in [0.3, 0.4) is 0 Å². The van der Waals surface area contributed by atoms with Gasteiger partial charge in [0.05, 0.1) is 5.75 Å². The molecule has 0 aliphatic heterocycles. The molecule has 0 radical (unpaired) electrons. The average Bonchev–Trinajstić information content (AvgIpc) is 3.14. The molecule has 0 bridgehead atoms. The lowest BCUT2D eigenvalue weighted by molar-refractivity contribution is 0.0925. The molecule has 2 aromatic rings. The van der Waals surface area contributed by atoms with Gasteiger partial charge in [-0.15, -0.1) is 24.8 Å². The van der Waals surface area contributed by atoms with Crippen LogP contribution in [0.25, 0.3) is 0 Å². The second-order valence-electron chi connectivity index (χ2n) is 4.88. The molecule has 24 heavy (non-hydrogen) atoms. The molecule has 0 fully saturated rings. The zero-order valence-corrected chi connectivity index (χ0v) is 16.2. The highest BCUT2D eigenvalue weighted by atomic mass is 35.5. The van der Waals surface area contributed by atoms with E-state index in [-0.39, 0.29) is 30.7 Å². The fourth-order valence-electron chi connectivity index (χ4n) is 1.86. The molecule has 2 aromatic heterocycles. The number of nitrogens with zero attached hydrogens (tertiary/aromatic N) is 2. The van der Waals surface area contributed by atoms with E-state index >= 15 is 0 Å². The van der Waals surface area contributed by atoms with E-state index in [1.54, 1.807) is 24.0 Å². The van der Waals surface area contributed by atoms with Gasteiger partial charge in [-0.2, -0.15) is 0 Å². The maximum atomic E-state index is 11.9. The largest absolute Gasteiger partial charge is 0.455 e. The first-order valence-corrected chi connectivity index (χ1v) is 8.37. The summed E-state index contributed by atoms with van der Waals surface area (Å²) in [5.41, 5.74) is 0. The minimum atomic E-state index is -0.174. The SMILES string of the molecule is CCCNCCNC(=O)c1ccc(CSc2nccn2C)o1.Cl.Cl. The van der Waals surface area contributed by atoms with Crippen molar-refractivity contribution in [2.45, 2.75) is 24.3 Å². The van der Waals surface area contributed by atoms with Gasteiger partial charge < -0.3 is 19.6 Å². The number of imidazole rings is 1. The summed E-state index contributed by atoms with van der Waals surface area (Å²) in [5.74, 6) is 1.59. The molecule has 0 aromatic carbocycles. The summed E-state index contributed by atoms with van der Waals surface area (Å²) in [5, 5.41) is 6.98. The Morgan fingerprint density at radius 3 is 2.75 bits per heavy atom. The molecular formula is C15H24Cl2N4O2S. The van der Waals surface area contributed by atoms with Gasteiger partial charge in [-0.1, -0.05) is 18.7 Å². The number of aryl methyl sites for hydroxylation is 1. The summed E-state index contributed by atoms with van der Waals surface area (Å²) in [6.45, 7) is 4.43. The molecule has 0 aliphatic rings. The number of amides is 1. The van der Waals surface area contributed by atoms with Crippen molar-refractivity contribution in [2.24, 2.45) is 7.05 Å². The second kappa shape index (κ2) is 12.2. The first-order valence-electron chi connectivity index (χ1n) is 7.38. The molecular weight excluding hydrogens is 371 g/mol. The highest BCUT2D eigenvalue weighted by Gasteiger charge is 2.11. The van der Waals surface area contributed by atoms with Crippen molar-refractivity contribution >= 4 is 42.5 Å². The Balaban J connectivity index is 0.00000264. The number of thioether (sulfide) groups is 1. The summed E-state index contributed by atoms with van der Waals surface area (Å²) in [6, 6.07) is 3.54. The molecule has 1 amide bonds. The molecule has 2 heterocycles. The number of carbonyl (C=O) groups excluding carboxylic acids is 1. The van der Waals surface area contributed by atoms with Gasteiger partial charge in [0.15, 0.2) is 10.9 Å². The standard InChI is InChI=1S/C15H22N4O2S.2ClH/c1-3-6-16-7-8-17-14(20)13-5-4-12(21-13)11-22-15-18-9-10-19(15)2;;/h4-5,9-10,16H,3,6-8,11H2,1-2H3,(H,17,20);2*1H. The van der Waals surface area contributed by atoms with Crippen molar-refractivity contribution in [3.05, 3.63) is 36.0 Å². The number of hydrogen-bond acceptors (Lipinski definition) is 5. The molecule has 0 atom stereocenters. The van der Waals surface area contributed by atoms with Gasteiger partial charge in [0.25, 0.3) is 5.91 Å². The van der Waals surface area contributed by atoms with E-state index in [4.69, 9.17) is 4.42 Å². The summed E-state index contributed by atoms with van der Waals surface area (Å²) >= 11 is 1.58. The predicted octanol–water partition coefficient (Wildman–Crippen LogP) is 2.88. The maximum absolute atomic E-state index is 11.9.